The minimum Gasteiger partial charge on any atom is -0.506 e. The molecule has 0 radical (unpaired) electrons. The van der Waals surface area contributed by atoms with Crippen LogP contribution in [0.15, 0.2) is 59.4 Å². The van der Waals surface area contributed by atoms with Crippen molar-refractivity contribution in [1.29, 1.82) is 0 Å². The molecule has 3 aromatic rings. The van der Waals surface area contributed by atoms with Crippen molar-refractivity contribution in [2.45, 2.75) is 0 Å². The molecule has 0 fully saturated rings. The number of benzene rings is 2. The second kappa shape index (κ2) is 8.22. The fourth-order valence-corrected chi connectivity index (χ4v) is 2.62. The van der Waals surface area contributed by atoms with E-state index in [9.17, 15) is 19.5 Å². The van der Waals surface area contributed by atoms with Gasteiger partial charge in [0.25, 0.3) is 5.56 Å². The van der Waals surface area contributed by atoms with Crippen LogP contribution >= 0.6 is 0 Å². The Bertz CT molecular complexity index is 1130. The highest BCUT2D eigenvalue weighted by Crippen LogP contribution is 2.25. The molecule has 7 heteroatoms. The quantitative estimate of drug-likeness (QED) is 0.388. The van der Waals surface area contributed by atoms with Crippen molar-refractivity contribution in [3.63, 3.8) is 0 Å². The van der Waals surface area contributed by atoms with Crippen LogP contribution in [0.1, 0.15) is 15.9 Å². The van der Waals surface area contributed by atoms with E-state index in [1.54, 1.807) is 48.5 Å². The summed E-state index contributed by atoms with van der Waals surface area (Å²) in [6.07, 6.45) is 2.68. The number of ketones is 1. The summed E-state index contributed by atoms with van der Waals surface area (Å²) in [4.78, 5) is 38.4. The van der Waals surface area contributed by atoms with Crippen LogP contribution in [0.3, 0.4) is 0 Å². The lowest BCUT2D eigenvalue weighted by molar-refractivity contribution is -0.142. The van der Waals surface area contributed by atoms with E-state index in [1.807, 2.05) is 0 Å². The number of hydrogen-bond acceptors (Lipinski definition) is 6. The van der Waals surface area contributed by atoms with Gasteiger partial charge in [-0.2, -0.15) is 0 Å². The zero-order valence-corrected chi connectivity index (χ0v) is 15.0. The topological polar surface area (TPSA) is 106 Å². The minimum atomic E-state index is -0.666. The Morgan fingerprint density at radius 3 is 2.71 bits per heavy atom. The summed E-state index contributed by atoms with van der Waals surface area (Å²) >= 11 is 0. The highest BCUT2D eigenvalue weighted by atomic mass is 16.6. The maximum absolute atomic E-state index is 12.5. The SMILES string of the molecule is COC(=O)COc1cccc(/C=C/C(=O)c2c(O)c3ccccc3[nH]c2=O)c1. The van der Waals surface area contributed by atoms with Gasteiger partial charge >= 0.3 is 5.97 Å². The fraction of sp³-hybridized carbons (Fsp3) is 0.0952. The highest BCUT2D eigenvalue weighted by Gasteiger charge is 2.16. The first-order valence-electron chi connectivity index (χ1n) is 8.35. The largest absolute Gasteiger partial charge is 0.506 e. The molecule has 0 saturated carbocycles. The summed E-state index contributed by atoms with van der Waals surface area (Å²) < 4.78 is 9.79. The van der Waals surface area contributed by atoms with Crippen molar-refractivity contribution in [2.75, 3.05) is 13.7 Å². The van der Waals surface area contributed by atoms with Gasteiger partial charge in [0.2, 0.25) is 0 Å². The first-order chi connectivity index (χ1) is 13.5. The van der Waals surface area contributed by atoms with E-state index in [0.29, 0.717) is 22.2 Å². The molecule has 0 aliphatic carbocycles. The Hall–Kier alpha value is -3.87. The zero-order chi connectivity index (χ0) is 20.1. The van der Waals surface area contributed by atoms with Crippen LogP contribution in [-0.4, -0.2) is 35.6 Å². The maximum atomic E-state index is 12.5. The third kappa shape index (κ3) is 4.09. The van der Waals surface area contributed by atoms with Gasteiger partial charge < -0.3 is 19.6 Å². The molecule has 0 atom stereocenters. The molecule has 2 aromatic carbocycles. The molecule has 1 heterocycles. The lowest BCUT2D eigenvalue weighted by Crippen LogP contribution is -2.16. The van der Waals surface area contributed by atoms with Crippen LogP contribution < -0.4 is 10.3 Å². The van der Waals surface area contributed by atoms with Gasteiger partial charge in [-0.25, -0.2) is 4.79 Å². The van der Waals surface area contributed by atoms with E-state index in [-0.39, 0.29) is 17.9 Å². The maximum Gasteiger partial charge on any atom is 0.343 e. The van der Waals surface area contributed by atoms with Crippen molar-refractivity contribution in [3.8, 4) is 11.5 Å². The lowest BCUT2D eigenvalue weighted by Gasteiger charge is -2.06. The second-order valence-corrected chi connectivity index (χ2v) is 5.86. The van der Waals surface area contributed by atoms with Gasteiger partial charge in [-0.3, -0.25) is 9.59 Å². The van der Waals surface area contributed by atoms with E-state index >= 15 is 0 Å². The van der Waals surface area contributed by atoms with Crippen LogP contribution in [0.25, 0.3) is 17.0 Å². The molecule has 0 amide bonds. The summed E-state index contributed by atoms with van der Waals surface area (Å²) in [6.45, 7) is -0.233. The van der Waals surface area contributed by atoms with Crippen LogP contribution in [0.2, 0.25) is 0 Å². The number of nitrogens with one attached hydrogen (secondary N) is 1. The number of para-hydroxylation sites is 1. The highest BCUT2D eigenvalue weighted by molar-refractivity contribution is 6.11. The van der Waals surface area contributed by atoms with Crippen LogP contribution in [-0.2, 0) is 9.53 Å². The number of rotatable bonds is 6. The Morgan fingerprint density at radius 1 is 1.14 bits per heavy atom. The number of allylic oxidation sites excluding steroid dienone is 1. The van der Waals surface area contributed by atoms with Crippen molar-refractivity contribution >= 4 is 28.7 Å². The van der Waals surface area contributed by atoms with Gasteiger partial charge in [-0.1, -0.05) is 30.3 Å². The third-order valence-electron chi connectivity index (χ3n) is 4.01. The van der Waals surface area contributed by atoms with Crippen molar-refractivity contribution in [1.82, 2.24) is 4.98 Å². The smallest absolute Gasteiger partial charge is 0.343 e. The average Bonchev–Trinajstić information content (AvgIpc) is 2.70. The molecule has 0 aliphatic rings. The minimum absolute atomic E-state index is 0.233. The summed E-state index contributed by atoms with van der Waals surface area (Å²) in [5, 5.41) is 10.7. The van der Waals surface area contributed by atoms with E-state index in [2.05, 4.69) is 9.72 Å². The van der Waals surface area contributed by atoms with E-state index in [4.69, 9.17) is 4.74 Å². The van der Waals surface area contributed by atoms with Crippen molar-refractivity contribution < 1.29 is 24.2 Å². The van der Waals surface area contributed by atoms with Gasteiger partial charge in [-0.15, -0.1) is 0 Å². The summed E-state index contributed by atoms with van der Waals surface area (Å²) in [5.41, 5.74) is 0.0717. The number of aromatic hydroxyl groups is 1. The number of hydrogen-bond donors (Lipinski definition) is 2. The van der Waals surface area contributed by atoms with E-state index < -0.39 is 17.3 Å². The number of ether oxygens (including phenoxy) is 2. The predicted molar refractivity (Wildman–Crippen MR) is 104 cm³/mol. The molecule has 142 valence electrons. The van der Waals surface area contributed by atoms with Gasteiger partial charge in [0.05, 0.1) is 12.6 Å². The summed E-state index contributed by atoms with van der Waals surface area (Å²) in [7, 11) is 1.26. The van der Waals surface area contributed by atoms with Gasteiger partial charge in [0.15, 0.2) is 12.4 Å². The molecular formula is C21H17NO6. The zero-order valence-electron chi connectivity index (χ0n) is 15.0. The predicted octanol–water partition coefficient (Wildman–Crippen LogP) is 2.68. The third-order valence-corrected chi connectivity index (χ3v) is 4.01. The molecule has 0 bridgehead atoms. The number of methoxy groups -OCH3 is 1. The van der Waals surface area contributed by atoms with Crippen molar-refractivity contribution in [2.24, 2.45) is 0 Å². The molecule has 1 aromatic heterocycles. The number of pyridine rings is 1. The first kappa shape index (κ1) is 18.9. The molecule has 0 aliphatic heterocycles. The van der Waals surface area contributed by atoms with E-state index in [1.165, 1.54) is 19.3 Å². The van der Waals surface area contributed by atoms with Gasteiger partial charge in [0, 0.05) is 5.39 Å². The number of carbonyl (C=O) groups is 2. The number of fused-ring (bicyclic) bond motifs is 1. The molecule has 0 unspecified atom stereocenters. The fourth-order valence-electron chi connectivity index (χ4n) is 2.62. The first-order valence-corrected chi connectivity index (χ1v) is 8.35. The van der Waals surface area contributed by atoms with Crippen molar-refractivity contribution in [3.05, 3.63) is 76.1 Å². The number of aromatic amines is 1. The number of H-pyrrole nitrogens is 1. The number of carbonyl (C=O) groups excluding carboxylic acids is 2. The van der Waals surface area contributed by atoms with Gasteiger partial charge in [0.1, 0.15) is 17.1 Å². The van der Waals surface area contributed by atoms with E-state index in [0.717, 1.165) is 0 Å². The summed E-state index contributed by atoms with van der Waals surface area (Å²) in [6, 6.07) is 13.4. The standard InChI is InChI=1S/C21H17NO6/c1-27-18(24)12-28-14-6-4-5-13(11-14)9-10-17(23)19-20(25)15-7-2-3-8-16(15)22-21(19)26/h2-11H,12H2,1H3,(H2,22,25,26)/b10-9+. The second-order valence-electron chi connectivity index (χ2n) is 5.86. The molecule has 0 spiro atoms. The number of esters is 1. The monoisotopic (exact) mass is 379 g/mol. The molecule has 0 saturated heterocycles. The Balaban J connectivity index is 1.84. The lowest BCUT2D eigenvalue weighted by atomic mass is 10.1. The molecular weight excluding hydrogens is 362 g/mol. The Labute approximate surface area is 159 Å². The average molecular weight is 379 g/mol. The molecule has 2 N–H and O–H groups in total. The summed E-state index contributed by atoms with van der Waals surface area (Å²) in [5.74, 6) is -1.08. The van der Waals surface area contributed by atoms with Crippen LogP contribution in [0.4, 0.5) is 0 Å². The Kier molecular flexibility index (Phi) is 5.55. The normalized spacial score (nSPS) is 10.9. The molecule has 7 nitrogen and oxygen atoms in total. The van der Waals surface area contributed by atoms with Gasteiger partial charge in [-0.05, 0) is 35.9 Å². The molecule has 28 heavy (non-hydrogen) atoms. The number of aromatic nitrogens is 1. The van der Waals surface area contributed by atoms with Crippen LogP contribution in [0, 0.1) is 0 Å². The van der Waals surface area contributed by atoms with Crippen LogP contribution in [0.5, 0.6) is 11.5 Å². The Morgan fingerprint density at radius 2 is 1.93 bits per heavy atom. The molecule has 3 rings (SSSR count).